The van der Waals surface area contributed by atoms with Crippen molar-refractivity contribution in [3.63, 3.8) is 0 Å². The number of hydrogen-bond donors (Lipinski definition) is 1. The normalized spacial score (nSPS) is 12.5. The van der Waals surface area contributed by atoms with Crippen LogP contribution in [0.5, 0.6) is 0 Å². The number of aliphatic hydroxyl groups excluding tert-OH is 1. The van der Waals surface area contributed by atoms with Gasteiger partial charge >= 0.3 is 5.97 Å². The molecule has 1 aromatic rings. The summed E-state index contributed by atoms with van der Waals surface area (Å²) in [7, 11) is 0. The van der Waals surface area contributed by atoms with Crippen LogP contribution in [-0.2, 0) is 4.74 Å². The summed E-state index contributed by atoms with van der Waals surface area (Å²) in [5, 5.41) is 9.91. The third-order valence-electron chi connectivity index (χ3n) is 2.50. The minimum absolute atomic E-state index is 0.322. The summed E-state index contributed by atoms with van der Waals surface area (Å²) in [5.41, 5.74) is 1.36. The molecule has 0 saturated carbocycles. The van der Waals surface area contributed by atoms with Gasteiger partial charge in [0.25, 0.3) is 0 Å². The van der Waals surface area contributed by atoms with Gasteiger partial charge in [-0.05, 0) is 37.0 Å². The first-order valence-electron chi connectivity index (χ1n) is 5.99. The Hall–Kier alpha value is -1.35. The van der Waals surface area contributed by atoms with Gasteiger partial charge in [0.05, 0.1) is 18.3 Å². The molecule has 3 heteroatoms. The van der Waals surface area contributed by atoms with Crippen LogP contribution in [0.3, 0.4) is 0 Å². The highest BCUT2D eigenvalue weighted by molar-refractivity contribution is 5.89. The fourth-order valence-electron chi connectivity index (χ4n) is 1.64. The molecule has 94 valence electrons. The summed E-state index contributed by atoms with van der Waals surface area (Å²) in [6.07, 6.45) is 0.255. The molecule has 0 amide bonds. The van der Waals surface area contributed by atoms with Crippen molar-refractivity contribution in [2.24, 2.45) is 5.92 Å². The van der Waals surface area contributed by atoms with Crippen molar-refractivity contribution in [3.8, 4) is 0 Å². The molecule has 0 aliphatic carbocycles. The van der Waals surface area contributed by atoms with Gasteiger partial charge in [0.2, 0.25) is 0 Å². The quantitative estimate of drug-likeness (QED) is 0.799. The first-order chi connectivity index (χ1) is 8.04. The van der Waals surface area contributed by atoms with Gasteiger partial charge in [0, 0.05) is 0 Å². The van der Waals surface area contributed by atoms with Gasteiger partial charge in [0.1, 0.15) is 0 Å². The van der Waals surface area contributed by atoms with Gasteiger partial charge in [0.15, 0.2) is 0 Å². The Labute approximate surface area is 102 Å². The van der Waals surface area contributed by atoms with Crippen molar-refractivity contribution in [3.05, 3.63) is 35.4 Å². The van der Waals surface area contributed by atoms with E-state index in [1.54, 1.807) is 31.2 Å². The Morgan fingerprint density at radius 1 is 1.29 bits per heavy atom. The molecule has 0 bridgehead atoms. The van der Waals surface area contributed by atoms with Crippen molar-refractivity contribution < 1.29 is 14.6 Å². The lowest BCUT2D eigenvalue weighted by atomic mass is 9.99. The van der Waals surface area contributed by atoms with Crippen molar-refractivity contribution in [2.75, 3.05) is 6.61 Å². The highest BCUT2D eigenvalue weighted by Crippen LogP contribution is 2.21. The summed E-state index contributed by atoms with van der Waals surface area (Å²) in [6.45, 7) is 6.28. The molecule has 3 nitrogen and oxygen atoms in total. The Bertz CT molecular complexity index is 354. The number of benzene rings is 1. The van der Waals surface area contributed by atoms with E-state index < -0.39 is 6.10 Å². The first kappa shape index (κ1) is 13.7. The average Bonchev–Trinajstić information content (AvgIpc) is 2.28. The second kappa shape index (κ2) is 6.40. The fraction of sp³-hybridized carbons (Fsp3) is 0.500. The maximum absolute atomic E-state index is 11.4. The summed E-state index contributed by atoms with van der Waals surface area (Å²) in [6, 6.07) is 6.94. The molecular weight excluding hydrogens is 216 g/mol. The van der Waals surface area contributed by atoms with Crippen LogP contribution in [0.15, 0.2) is 24.3 Å². The molecule has 0 aliphatic rings. The molecule has 1 atom stereocenters. The number of rotatable bonds is 5. The predicted octanol–water partition coefficient (Wildman–Crippen LogP) is 2.94. The van der Waals surface area contributed by atoms with Crippen LogP contribution in [0.4, 0.5) is 0 Å². The fourth-order valence-corrected chi connectivity index (χ4v) is 1.64. The zero-order valence-corrected chi connectivity index (χ0v) is 10.6. The minimum atomic E-state index is -0.466. The number of ether oxygens (including phenoxy) is 1. The Morgan fingerprint density at radius 3 is 2.35 bits per heavy atom. The van der Waals surface area contributed by atoms with E-state index in [0.29, 0.717) is 18.1 Å². The van der Waals surface area contributed by atoms with Crippen LogP contribution >= 0.6 is 0 Å². The lowest BCUT2D eigenvalue weighted by molar-refractivity contribution is 0.0526. The van der Waals surface area contributed by atoms with Crippen molar-refractivity contribution in [1.82, 2.24) is 0 Å². The minimum Gasteiger partial charge on any atom is -0.462 e. The Kier molecular flexibility index (Phi) is 5.16. The molecule has 0 aliphatic heterocycles. The monoisotopic (exact) mass is 236 g/mol. The highest BCUT2D eigenvalue weighted by atomic mass is 16.5. The maximum Gasteiger partial charge on any atom is 0.338 e. The number of carbonyl (C=O) groups is 1. The molecule has 0 heterocycles. The standard InChI is InChI=1S/C14H20O3/c1-4-17-14(16)12-7-5-11(6-8-12)13(15)9-10(2)3/h5-8,10,13,15H,4,9H2,1-3H3/t13-/m1/s1. The molecule has 0 spiro atoms. The Morgan fingerprint density at radius 2 is 1.88 bits per heavy atom. The lowest BCUT2D eigenvalue weighted by Gasteiger charge is -2.13. The van der Waals surface area contributed by atoms with Crippen molar-refractivity contribution in [2.45, 2.75) is 33.3 Å². The predicted molar refractivity (Wildman–Crippen MR) is 66.8 cm³/mol. The molecule has 1 rings (SSSR count). The molecule has 0 radical (unpaired) electrons. The van der Waals surface area contributed by atoms with Gasteiger partial charge in [-0.25, -0.2) is 4.79 Å². The molecule has 1 N–H and O–H groups in total. The second-order valence-electron chi connectivity index (χ2n) is 4.49. The van der Waals surface area contributed by atoms with Crippen LogP contribution < -0.4 is 0 Å². The molecule has 0 aromatic heterocycles. The zero-order valence-electron chi connectivity index (χ0n) is 10.6. The summed E-state index contributed by atoms with van der Waals surface area (Å²) < 4.78 is 4.89. The number of carbonyl (C=O) groups excluding carboxylic acids is 1. The van der Waals surface area contributed by atoms with Crippen LogP contribution in [0.1, 0.15) is 49.2 Å². The zero-order chi connectivity index (χ0) is 12.8. The van der Waals surface area contributed by atoms with Gasteiger partial charge in [-0.2, -0.15) is 0 Å². The number of esters is 1. The molecule has 0 unspecified atom stereocenters. The summed E-state index contributed by atoms with van der Waals surface area (Å²) in [5.74, 6) is 0.118. The molecule has 0 fully saturated rings. The number of hydrogen-bond acceptors (Lipinski definition) is 3. The van der Waals surface area contributed by atoms with Gasteiger partial charge in [-0.15, -0.1) is 0 Å². The molecular formula is C14H20O3. The van der Waals surface area contributed by atoms with Crippen LogP contribution in [0.2, 0.25) is 0 Å². The Balaban J connectivity index is 2.70. The van der Waals surface area contributed by atoms with E-state index in [0.717, 1.165) is 12.0 Å². The van der Waals surface area contributed by atoms with Gasteiger partial charge < -0.3 is 9.84 Å². The third kappa shape index (κ3) is 4.19. The van der Waals surface area contributed by atoms with Gasteiger partial charge in [-0.3, -0.25) is 0 Å². The smallest absolute Gasteiger partial charge is 0.338 e. The maximum atomic E-state index is 11.4. The first-order valence-corrected chi connectivity index (χ1v) is 5.99. The highest BCUT2D eigenvalue weighted by Gasteiger charge is 2.11. The third-order valence-corrected chi connectivity index (χ3v) is 2.50. The summed E-state index contributed by atoms with van der Waals surface area (Å²) >= 11 is 0. The molecule has 17 heavy (non-hydrogen) atoms. The van der Waals surface area contributed by atoms with Crippen molar-refractivity contribution >= 4 is 5.97 Å². The molecule has 1 aromatic carbocycles. The lowest BCUT2D eigenvalue weighted by Crippen LogP contribution is -2.06. The van der Waals surface area contributed by atoms with Crippen molar-refractivity contribution in [1.29, 1.82) is 0 Å². The van der Waals surface area contributed by atoms with E-state index >= 15 is 0 Å². The summed E-state index contributed by atoms with van der Waals surface area (Å²) in [4.78, 5) is 11.4. The van der Waals surface area contributed by atoms with E-state index in [-0.39, 0.29) is 5.97 Å². The van der Waals surface area contributed by atoms with E-state index in [4.69, 9.17) is 4.74 Å². The van der Waals surface area contributed by atoms with E-state index in [1.165, 1.54) is 0 Å². The number of aliphatic hydroxyl groups is 1. The average molecular weight is 236 g/mol. The second-order valence-corrected chi connectivity index (χ2v) is 4.49. The van der Waals surface area contributed by atoms with Gasteiger partial charge in [-0.1, -0.05) is 26.0 Å². The largest absolute Gasteiger partial charge is 0.462 e. The van der Waals surface area contributed by atoms with E-state index in [2.05, 4.69) is 13.8 Å². The topological polar surface area (TPSA) is 46.5 Å². The van der Waals surface area contributed by atoms with E-state index in [9.17, 15) is 9.90 Å². The molecule has 0 saturated heterocycles. The van der Waals surface area contributed by atoms with Crippen LogP contribution in [0.25, 0.3) is 0 Å². The van der Waals surface area contributed by atoms with Crippen LogP contribution in [-0.4, -0.2) is 17.7 Å². The van der Waals surface area contributed by atoms with Crippen LogP contribution in [0, 0.1) is 5.92 Å². The van der Waals surface area contributed by atoms with E-state index in [1.807, 2.05) is 0 Å². The SMILES string of the molecule is CCOC(=O)c1ccc([C@H](O)CC(C)C)cc1.